The van der Waals surface area contributed by atoms with E-state index in [1.807, 2.05) is 0 Å². The number of carboxylic acids is 2. The number of hydrogen-bond acceptors (Lipinski definition) is 8. The van der Waals surface area contributed by atoms with Gasteiger partial charge in [0.15, 0.2) is 0 Å². The summed E-state index contributed by atoms with van der Waals surface area (Å²) in [6, 6.07) is -2.47. The molecule has 8 nitrogen and oxygen atoms in total. The Bertz CT molecular complexity index is 170. The molecule has 0 amide bonds. The van der Waals surface area contributed by atoms with Crippen molar-refractivity contribution < 1.29 is 47.1 Å². The van der Waals surface area contributed by atoms with Crippen molar-refractivity contribution >= 4 is 11.9 Å². The Kier molecular flexibility index (Phi) is 15.0. The van der Waals surface area contributed by atoms with Crippen LogP contribution in [0.3, 0.4) is 0 Å². The van der Waals surface area contributed by atoms with Crippen LogP contribution in [0, 0.1) is 0 Å². The van der Waals surface area contributed by atoms with Gasteiger partial charge in [-0.3, -0.25) is 0 Å². The Morgan fingerprint density at radius 2 is 1.20 bits per heavy atom. The predicted octanol–water partition coefficient (Wildman–Crippen LogP) is -5.89. The Morgan fingerprint density at radius 3 is 1.20 bits per heavy atom. The minimum atomic E-state index is -1.43. The fraction of sp³-hybridized carbons (Fsp3) is 0.667. The number of aliphatic hydroxyl groups excluding tert-OH is 2. The third-order valence-corrected chi connectivity index (χ3v) is 0.999. The van der Waals surface area contributed by atoms with Crippen LogP contribution in [-0.4, -0.2) is 47.4 Å². The Labute approximate surface area is 96.3 Å². The van der Waals surface area contributed by atoms with Crippen molar-refractivity contribution in [2.75, 3.05) is 13.2 Å². The number of nitrogens with two attached hydrogens (primary N) is 2. The molecule has 0 bridgehead atoms. The summed E-state index contributed by atoms with van der Waals surface area (Å²) < 4.78 is 0. The molecule has 6 N–H and O–H groups in total. The van der Waals surface area contributed by atoms with Gasteiger partial charge in [0.2, 0.25) is 0 Å². The van der Waals surface area contributed by atoms with Gasteiger partial charge in [0, 0.05) is 0 Å². The predicted molar refractivity (Wildman–Crippen MR) is 40.1 cm³/mol. The molecule has 0 aliphatic heterocycles. The smallest absolute Gasteiger partial charge is 0.548 e. The summed E-state index contributed by atoms with van der Waals surface area (Å²) in [5.74, 6) is -2.86. The summed E-state index contributed by atoms with van der Waals surface area (Å²) in [5, 5.41) is 35.0. The first-order valence-electron chi connectivity index (χ1n) is 3.51. The SMILES string of the molecule is N[C@@H](CO)C(=O)[O-].N[C@@H](CO)C(=O)[O-].[Cu+2]. The van der Waals surface area contributed by atoms with Crippen LogP contribution < -0.4 is 21.7 Å². The Balaban J connectivity index is -0.000000180. The first kappa shape index (κ1) is 19.8. The first-order valence-corrected chi connectivity index (χ1v) is 3.51. The molecule has 1 radical (unpaired) electrons. The van der Waals surface area contributed by atoms with E-state index in [4.69, 9.17) is 21.7 Å². The van der Waals surface area contributed by atoms with Crippen molar-refractivity contribution in [3.8, 4) is 0 Å². The maximum absolute atomic E-state index is 9.53. The molecule has 93 valence electrons. The number of aliphatic carboxylic acids is 2. The summed E-state index contributed by atoms with van der Waals surface area (Å²) in [4.78, 5) is 19.1. The molecule has 9 heteroatoms. The molecule has 15 heavy (non-hydrogen) atoms. The topological polar surface area (TPSA) is 173 Å². The van der Waals surface area contributed by atoms with E-state index in [0.29, 0.717) is 0 Å². The van der Waals surface area contributed by atoms with E-state index in [1.54, 1.807) is 0 Å². The van der Waals surface area contributed by atoms with E-state index < -0.39 is 37.2 Å². The molecule has 0 aliphatic rings. The van der Waals surface area contributed by atoms with Gasteiger partial charge in [-0.25, -0.2) is 0 Å². The summed E-state index contributed by atoms with van der Waals surface area (Å²) in [6.07, 6.45) is 0. The molecular formula is C6H12CuN2O6. The number of rotatable bonds is 4. The molecule has 0 fully saturated rings. The zero-order valence-corrected chi connectivity index (χ0v) is 8.49. The quantitative estimate of drug-likeness (QED) is 0.366. The molecule has 0 unspecified atom stereocenters. The molecule has 0 aromatic rings. The van der Waals surface area contributed by atoms with Gasteiger partial charge >= 0.3 is 17.1 Å². The molecule has 0 saturated heterocycles. The third-order valence-electron chi connectivity index (χ3n) is 0.999. The normalized spacial score (nSPS) is 12.5. The largest absolute Gasteiger partial charge is 2.00 e. The molecule has 0 aromatic carbocycles. The van der Waals surface area contributed by atoms with E-state index in [9.17, 15) is 19.8 Å². The van der Waals surface area contributed by atoms with Crippen LogP contribution >= 0.6 is 0 Å². The second-order valence-corrected chi connectivity index (χ2v) is 2.22. The van der Waals surface area contributed by atoms with Gasteiger partial charge in [-0.1, -0.05) is 0 Å². The molecule has 0 aromatic heterocycles. The molecule has 0 saturated carbocycles. The van der Waals surface area contributed by atoms with E-state index >= 15 is 0 Å². The number of aliphatic hydroxyl groups is 2. The van der Waals surface area contributed by atoms with Crippen molar-refractivity contribution in [3.63, 3.8) is 0 Å². The zero-order valence-electron chi connectivity index (χ0n) is 7.55. The maximum Gasteiger partial charge on any atom is 2.00 e. The van der Waals surface area contributed by atoms with Crippen LogP contribution in [0.4, 0.5) is 0 Å². The second-order valence-electron chi connectivity index (χ2n) is 2.22. The number of carboxylic acid groups (broad SMARTS) is 2. The third kappa shape index (κ3) is 13.3. The van der Waals surface area contributed by atoms with Crippen LogP contribution in [0.15, 0.2) is 0 Å². The maximum atomic E-state index is 9.53. The number of carbonyl (C=O) groups is 2. The van der Waals surface area contributed by atoms with Crippen LogP contribution in [-0.2, 0) is 26.7 Å². The average Bonchev–Trinajstić information content (AvgIpc) is 2.15. The Morgan fingerprint density at radius 1 is 1.00 bits per heavy atom. The summed E-state index contributed by atoms with van der Waals surface area (Å²) >= 11 is 0. The fourth-order valence-corrected chi connectivity index (χ4v) is 0.149. The van der Waals surface area contributed by atoms with Gasteiger partial charge in [0.25, 0.3) is 0 Å². The van der Waals surface area contributed by atoms with Crippen LogP contribution in [0.2, 0.25) is 0 Å². The molecular weight excluding hydrogens is 260 g/mol. The number of hydrogen-bond donors (Lipinski definition) is 4. The Hall–Kier alpha value is -0.701. The molecule has 0 spiro atoms. The van der Waals surface area contributed by atoms with Gasteiger partial charge in [-0.2, -0.15) is 0 Å². The van der Waals surface area contributed by atoms with E-state index in [1.165, 1.54) is 0 Å². The van der Waals surface area contributed by atoms with Gasteiger partial charge in [0.05, 0.1) is 37.2 Å². The molecule has 0 rings (SSSR count). The molecule has 2 atom stereocenters. The standard InChI is InChI=1S/2C3H7NO3.Cu/c2*4-2(1-5)3(6)7;/h2*2,5H,1,4H2,(H,6,7);/q;;+2/p-2/t2*2-;/m00./s1. The van der Waals surface area contributed by atoms with Crippen molar-refractivity contribution in [2.45, 2.75) is 12.1 Å². The van der Waals surface area contributed by atoms with Gasteiger partial charge in [-0.15, -0.1) is 0 Å². The summed E-state index contributed by atoms with van der Waals surface area (Å²) in [6.45, 7) is -1.13. The number of carbonyl (C=O) groups excluding carboxylic acids is 2. The van der Waals surface area contributed by atoms with Crippen LogP contribution in [0.5, 0.6) is 0 Å². The van der Waals surface area contributed by atoms with E-state index in [0.717, 1.165) is 0 Å². The minimum Gasteiger partial charge on any atom is -0.548 e. The molecule has 0 aliphatic carbocycles. The molecule has 0 heterocycles. The second kappa shape index (κ2) is 11.4. The van der Waals surface area contributed by atoms with E-state index in [-0.39, 0.29) is 17.1 Å². The van der Waals surface area contributed by atoms with Crippen molar-refractivity contribution in [1.29, 1.82) is 0 Å². The van der Waals surface area contributed by atoms with Gasteiger partial charge < -0.3 is 41.5 Å². The van der Waals surface area contributed by atoms with Crippen LogP contribution in [0.1, 0.15) is 0 Å². The van der Waals surface area contributed by atoms with Gasteiger partial charge in [0.1, 0.15) is 0 Å². The van der Waals surface area contributed by atoms with Crippen molar-refractivity contribution in [2.24, 2.45) is 11.5 Å². The van der Waals surface area contributed by atoms with E-state index in [2.05, 4.69) is 0 Å². The van der Waals surface area contributed by atoms with Crippen LogP contribution in [0.25, 0.3) is 0 Å². The monoisotopic (exact) mass is 271 g/mol. The zero-order chi connectivity index (χ0) is 11.7. The summed E-state index contributed by atoms with van der Waals surface area (Å²) in [5.41, 5.74) is 9.41. The summed E-state index contributed by atoms with van der Waals surface area (Å²) in [7, 11) is 0. The fourth-order valence-electron chi connectivity index (χ4n) is 0.149. The van der Waals surface area contributed by atoms with Crippen molar-refractivity contribution in [3.05, 3.63) is 0 Å². The average molecular weight is 272 g/mol. The van der Waals surface area contributed by atoms with Crippen molar-refractivity contribution in [1.82, 2.24) is 0 Å². The first-order chi connectivity index (χ1) is 6.36. The minimum absolute atomic E-state index is 0. The van der Waals surface area contributed by atoms with Gasteiger partial charge in [-0.05, 0) is 0 Å².